The van der Waals surface area contributed by atoms with Crippen LogP contribution in [-0.2, 0) is 19.4 Å². The molecule has 0 spiro atoms. The van der Waals surface area contributed by atoms with Crippen LogP contribution in [0.1, 0.15) is 30.8 Å². The molecule has 0 unspecified atom stereocenters. The Kier molecular flexibility index (Phi) is 3.06. The molecule has 0 saturated carbocycles. The van der Waals surface area contributed by atoms with E-state index in [4.69, 9.17) is 4.98 Å². The highest BCUT2D eigenvalue weighted by Crippen LogP contribution is 2.17. The van der Waals surface area contributed by atoms with E-state index < -0.39 is 0 Å². The van der Waals surface area contributed by atoms with Crippen molar-refractivity contribution in [2.75, 3.05) is 13.6 Å². The van der Waals surface area contributed by atoms with Crippen molar-refractivity contribution in [2.24, 2.45) is 5.92 Å². The maximum atomic E-state index is 4.76. The number of hydrogen-bond acceptors (Lipinski definition) is 2. The molecule has 1 aliphatic rings. The quantitative estimate of drug-likeness (QED) is 0.734. The van der Waals surface area contributed by atoms with Crippen molar-refractivity contribution >= 4 is 0 Å². The summed E-state index contributed by atoms with van der Waals surface area (Å²) in [5.74, 6) is 0.692. The summed E-state index contributed by atoms with van der Waals surface area (Å²) >= 11 is 0. The topological polar surface area (TPSA) is 16.1 Å². The summed E-state index contributed by atoms with van der Waals surface area (Å²) in [6, 6.07) is 4.47. The molecular weight excluding hydrogens is 184 g/mol. The number of aromatic nitrogens is 1. The summed E-state index contributed by atoms with van der Waals surface area (Å²) in [4.78, 5) is 7.10. The highest BCUT2D eigenvalue weighted by atomic mass is 15.1. The van der Waals surface area contributed by atoms with Crippen molar-refractivity contribution < 1.29 is 0 Å². The first-order valence-electron chi connectivity index (χ1n) is 5.81. The molecule has 0 atom stereocenters. The van der Waals surface area contributed by atoms with E-state index in [9.17, 15) is 0 Å². The lowest BCUT2D eigenvalue weighted by Crippen LogP contribution is -2.27. The Hall–Kier alpha value is -0.890. The number of rotatable bonds is 2. The molecule has 2 rings (SSSR count). The van der Waals surface area contributed by atoms with E-state index in [1.54, 1.807) is 0 Å². The third-order valence-corrected chi connectivity index (χ3v) is 2.93. The van der Waals surface area contributed by atoms with Crippen molar-refractivity contribution in [3.05, 3.63) is 29.1 Å². The Morgan fingerprint density at radius 3 is 2.93 bits per heavy atom. The van der Waals surface area contributed by atoms with Crippen LogP contribution in [0.5, 0.6) is 0 Å². The monoisotopic (exact) mass is 204 g/mol. The van der Waals surface area contributed by atoms with Crippen molar-refractivity contribution in [3.8, 4) is 0 Å². The van der Waals surface area contributed by atoms with Crippen molar-refractivity contribution in [3.63, 3.8) is 0 Å². The molecule has 0 saturated heterocycles. The maximum Gasteiger partial charge on any atom is 0.0579 e. The Morgan fingerprint density at radius 1 is 1.40 bits per heavy atom. The number of pyridine rings is 1. The Bertz CT molecular complexity index is 344. The van der Waals surface area contributed by atoms with Crippen molar-refractivity contribution in [1.29, 1.82) is 0 Å². The molecule has 0 aliphatic carbocycles. The van der Waals surface area contributed by atoms with E-state index in [2.05, 4.69) is 37.9 Å². The van der Waals surface area contributed by atoms with Gasteiger partial charge < -0.3 is 4.90 Å². The van der Waals surface area contributed by atoms with E-state index in [0.29, 0.717) is 5.92 Å². The fourth-order valence-electron chi connectivity index (χ4n) is 2.12. The third kappa shape index (κ3) is 2.57. The standard InChI is InChI=1S/C13H20N2/c1-10(2)8-12-5-4-11-6-7-15(3)9-13(11)14-12/h4-5,10H,6-9H2,1-3H3. The molecule has 0 amide bonds. The maximum absolute atomic E-state index is 4.76. The molecule has 2 heteroatoms. The number of fused-ring (bicyclic) bond motifs is 1. The largest absolute Gasteiger partial charge is 0.300 e. The minimum atomic E-state index is 0.692. The zero-order valence-electron chi connectivity index (χ0n) is 9.95. The second-order valence-corrected chi connectivity index (χ2v) is 4.99. The highest BCUT2D eigenvalue weighted by molar-refractivity contribution is 5.25. The van der Waals surface area contributed by atoms with Crippen LogP contribution in [0.25, 0.3) is 0 Å². The molecule has 1 aromatic heterocycles. The summed E-state index contributed by atoms with van der Waals surface area (Å²) in [6.45, 7) is 6.67. The third-order valence-electron chi connectivity index (χ3n) is 2.93. The van der Waals surface area contributed by atoms with Crippen LogP contribution in [0.2, 0.25) is 0 Å². The van der Waals surface area contributed by atoms with Gasteiger partial charge in [-0.05, 0) is 37.4 Å². The summed E-state index contributed by atoms with van der Waals surface area (Å²) in [5.41, 5.74) is 3.99. The van der Waals surface area contributed by atoms with E-state index in [0.717, 1.165) is 25.9 Å². The molecule has 1 aromatic rings. The molecule has 2 heterocycles. The van der Waals surface area contributed by atoms with E-state index in [-0.39, 0.29) is 0 Å². The van der Waals surface area contributed by atoms with Gasteiger partial charge in [-0.2, -0.15) is 0 Å². The van der Waals surface area contributed by atoms with Crippen LogP contribution in [0.3, 0.4) is 0 Å². The van der Waals surface area contributed by atoms with Gasteiger partial charge in [-0.25, -0.2) is 0 Å². The molecule has 15 heavy (non-hydrogen) atoms. The minimum absolute atomic E-state index is 0.692. The van der Waals surface area contributed by atoms with Gasteiger partial charge in [-0.1, -0.05) is 19.9 Å². The van der Waals surface area contributed by atoms with Crippen LogP contribution >= 0.6 is 0 Å². The first kappa shape index (κ1) is 10.6. The predicted octanol–water partition coefficient (Wildman–Crippen LogP) is 2.27. The Morgan fingerprint density at radius 2 is 2.20 bits per heavy atom. The fraction of sp³-hybridized carbons (Fsp3) is 0.615. The number of likely N-dealkylation sites (N-methyl/N-ethyl adjacent to an activating group) is 1. The van der Waals surface area contributed by atoms with Gasteiger partial charge in [0.15, 0.2) is 0 Å². The van der Waals surface area contributed by atoms with Gasteiger partial charge in [0.1, 0.15) is 0 Å². The lowest BCUT2D eigenvalue weighted by molar-refractivity contribution is 0.307. The predicted molar refractivity (Wildman–Crippen MR) is 62.8 cm³/mol. The van der Waals surface area contributed by atoms with Gasteiger partial charge in [-0.3, -0.25) is 4.98 Å². The molecule has 0 aromatic carbocycles. The van der Waals surface area contributed by atoms with Crippen LogP contribution in [0.4, 0.5) is 0 Å². The molecule has 1 aliphatic heterocycles. The normalized spacial score (nSPS) is 16.8. The lowest BCUT2D eigenvalue weighted by Gasteiger charge is -2.24. The summed E-state index contributed by atoms with van der Waals surface area (Å²) in [7, 11) is 2.17. The average molecular weight is 204 g/mol. The van der Waals surface area contributed by atoms with Crippen molar-refractivity contribution in [1.82, 2.24) is 9.88 Å². The second-order valence-electron chi connectivity index (χ2n) is 4.99. The first-order chi connectivity index (χ1) is 7.15. The minimum Gasteiger partial charge on any atom is -0.300 e. The molecular formula is C13H20N2. The average Bonchev–Trinajstić information content (AvgIpc) is 2.16. The van der Waals surface area contributed by atoms with Gasteiger partial charge in [0.25, 0.3) is 0 Å². The second kappa shape index (κ2) is 4.31. The molecule has 2 nitrogen and oxygen atoms in total. The van der Waals surface area contributed by atoms with Crippen LogP contribution < -0.4 is 0 Å². The number of nitrogens with zero attached hydrogens (tertiary/aromatic N) is 2. The van der Waals surface area contributed by atoms with Crippen LogP contribution in [0.15, 0.2) is 12.1 Å². The van der Waals surface area contributed by atoms with Crippen molar-refractivity contribution in [2.45, 2.75) is 33.2 Å². The summed E-state index contributed by atoms with van der Waals surface area (Å²) in [6.07, 6.45) is 2.25. The zero-order chi connectivity index (χ0) is 10.8. The SMILES string of the molecule is CC(C)Cc1ccc2c(n1)CN(C)CC2. The van der Waals surface area contributed by atoms with E-state index in [1.807, 2.05) is 0 Å². The van der Waals surface area contributed by atoms with Crippen LogP contribution in [-0.4, -0.2) is 23.5 Å². The van der Waals surface area contributed by atoms with Gasteiger partial charge in [0, 0.05) is 18.8 Å². The molecule has 0 fully saturated rings. The first-order valence-corrected chi connectivity index (χ1v) is 5.81. The smallest absolute Gasteiger partial charge is 0.0579 e. The Labute approximate surface area is 92.3 Å². The zero-order valence-corrected chi connectivity index (χ0v) is 9.95. The molecule has 0 bridgehead atoms. The molecule has 0 N–H and O–H groups in total. The van der Waals surface area contributed by atoms with Gasteiger partial charge in [-0.15, -0.1) is 0 Å². The summed E-state index contributed by atoms with van der Waals surface area (Å²) < 4.78 is 0. The van der Waals surface area contributed by atoms with Gasteiger partial charge in [0.2, 0.25) is 0 Å². The summed E-state index contributed by atoms with van der Waals surface area (Å²) in [5, 5.41) is 0. The fourth-order valence-corrected chi connectivity index (χ4v) is 2.12. The van der Waals surface area contributed by atoms with E-state index >= 15 is 0 Å². The molecule has 82 valence electrons. The van der Waals surface area contributed by atoms with Crippen LogP contribution in [0, 0.1) is 5.92 Å². The van der Waals surface area contributed by atoms with Gasteiger partial charge >= 0.3 is 0 Å². The van der Waals surface area contributed by atoms with Gasteiger partial charge in [0.05, 0.1) is 5.69 Å². The number of hydrogen-bond donors (Lipinski definition) is 0. The molecule has 0 radical (unpaired) electrons. The highest BCUT2D eigenvalue weighted by Gasteiger charge is 2.14. The van der Waals surface area contributed by atoms with E-state index in [1.165, 1.54) is 17.0 Å². The lowest BCUT2D eigenvalue weighted by atomic mass is 10.0. The Balaban J connectivity index is 2.20.